The highest BCUT2D eigenvalue weighted by Gasteiger charge is 2.31. The van der Waals surface area contributed by atoms with Gasteiger partial charge in [-0.25, -0.2) is 0 Å². The van der Waals surface area contributed by atoms with Crippen molar-refractivity contribution in [3.63, 3.8) is 0 Å². The summed E-state index contributed by atoms with van der Waals surface area (Å²) in [6.45, 7) is 2.51. The lowest BCUT2D eigenvalue weighted by Gasteiger charge is -2.30. The molecular weight excluding hydrogens is 144 g/mol. The van der Waals surface area contributed by atoms with Crippen molar-refractivity contribution < 1.29 is 14.6 Å². The number of aliphatic hydroxyl groups is 1. The molecule has 1 rings (SSSR count). The van der Waals surface area contributed by atoms with Crippen LogP contribution in [0.3, 0.4) is 0 Å². The zero-order valence-electron chi connectivity index (χ0n) is 6.80. The maximum Gasteiger partial charge on any atom is 0.132 e. The van der Waals surface area contributed by atoms with Crippen LogP contribution >= 0.6 is 0 Å². The molecule has 3 nitrogen and oxygen atoms in total. The van der Waals surface area contributed by atoms with Gasteiger partial charge in [-0.15, -0.1) is 0 Å². The number of ether oxygens (including phenoxy) is 1. The smallest absolute Gasteiger partial charge is 0.132 e. The van der Waals surface area contributed by atoms with Gasteiger partial charge >= 0.3 is 0 Å². The fourth-order valence-electron chi connectivity index (χ4n) is 1.44. The maximum atomic E-state index is 10.7. The van der Waals surface area contributed by atoms with Gasteiger partial charge in [-0.2, -0.15) is 0 Å². The van der Waals surface area contributed by atoms with Crippen LogP contribution in [0.2, 0.25) is 0 Å². The van der Waals surface area contributed by atoms with E-state index in [2.05, 4.69) is 0 Å². The normalized spacial score (nSPS) is 31.8. The summed E-state index contributed by atoms with van der Waals surface area (Å²) in [7, 11) is 0. The van der Waals surface area contributed by atoms with Gasteiger partial charge in [0.05, 0.1) is 12.2 Å². The summed E-state index contributed by atoms with van der Waals surface area (Å²) < 4.78 is 5.08. The summed E-state index contributed by atoms with van der Waals surface area (Å²) in [6.07, 6.45) is 1.77. The van der Waals surface area contributed by atoms with Gasteiger partial charge in [0.25, 0.3) is 0 Å². The van der Waals surface area contributed by atoms with Crippen LogP contribution in [0.15, 0.2) is 0 Å². The second kappa shape index (κ2) is 3.32. The van der Waals surface area contributed by atoms with Crippen LogP contribution < -0.4 is 0 Å². The van der Waals surface area contributed by atoms with Crippen LogP contribution in [0.1, 0.15) is 26.2 Å². The molecule has 1 unspecified atom stereocenters. The van der Waals surface area contributed by atoms with E-state index in [0.717, 1.165) is 6.42 Å². The van der Waals surface area contributed by atoms with Crippen molar-refractivity contribution in [3.8, 4) is 0 Å². The van der Waals surface area contributed by atoms with Gasteiger partial charge in [-0.1, -0.05) is 0 Å². The lowest BCUT2D eigenvalue weighted by atomic mass is 9.91. The minimum Gasteiger partial charge on any atom is -0.387 e. The van der Waals surface area contributed by atoms with Crippen molar-refractivity contribution in [2.45, 2.75) is 31.8 Å². The molecule has 11 heavy (non-hydrogen) atoms. The van der Waals surface area contributed by atoms with Crippen LogP contribution in [0.5, 0.6) is 0 Å². The third-order valence-electron chi connectivity index (χ3n) is 1.88. The first-order valence-electron chi connectivity index (χ1n) is 3.92. The van der Waals surface area contributed by atoms with E-state index in [0.29, 0.717) is 19.6 Å². The predicted molar refractivity (Wildman–Crippen MR) is 40.3 cm³/mol. The summed E-state index contributed by atoms with van der Waals surface area (Å²) in [5.74, 6) is 0.0259. The minimum absolute atomic E-state index is 0.0259. The number of ketones is 1. The van der Waals surface area contributed by atoms with Crippen LogP contribution in [-0.2, 0) is 9.53 Å². The fraction of sp³-hybridized carbons (Fsp3) is 0.875. The number of hydrogen-bond donors (Lipinski definition) is 1. The highest BCUT2D eigenvalue weighted by atomic mass is 16.5. The molecule has 0 radical (unpaired) electrons. The van der Waals surface area contributed by atoms with Gasteiger partial charge < -0.3 is 9.84 Å². The molecule has 1 fully saturated rings. The van der Waals surface area contributed by atoms with Crippen LogP contribution in [-0.4, -0.2) is 29.7 Å². The van der Waals surface area contributed by atoms with E-state index < -0.39 is 5.60 Å². The average molecular weight is 158 g/mol. The van der Waals surface area contributed by atoms with Crippen molar-refractivity contribution in [3.05, 3.63) is 0 Å². The van der Waals surface area contributed by atoms with Gasteiger partial charge in [0, 0.05) is 13.0 Å². The highest BCUT2D eigenvalue weighted by Crippen LogP contribution is 2.22. The van der Waals surface area contributed by atoms with Crippen molar-refractivity contribution in [1.82, 2.24) is 0 Å². The zero-order chi connectivity index (χ0) is 8.32. The summed E-state index contributed by atoms with van der Waals surface area (Å²) in [6, 6.07) is 0. The molecule has 64 valence electrons. The standard InChI is InChI=1S/C8H14O3/c1-7(9)5-8(10)3-2-4-11-6-8/h10H,2-6H2,1H3. The van der Waals surface area contributed by atoms with Gasteiger partial charge in [0.1, 0.15) is 5.78 Å². The highest BCUT2D eigenvalue weighted by molar-refractivity contribution is 5.76. The first-order valence-corrected chi connectivity index (χ1v) is 3.92. The molecule has 0 aromatic heterocycles. The Hall–Kier alpha value is -0.410. The van der Waals surface area contributed by atoms with Crippen molar-refractivity contribution in [2.75, 3.05) is 13.2 Å². The molecular formula is C8H14O3. The van der Waals surface area contributed by atoms with Crippen molar-refractivity contribution in [1.29, 1.82) is 0 Å². The minimum atomic E-state index is -0.871. The maximum absolute atomic E-state index is 10.7. The molecule has 0 aromatic rings. The monoisotopic (exact) mass is 158 g/mol. The van der Waals surface area contributed by atoms with Crippen LogP contribution in [0.25, 0.3) is 0 Å². The van der Waals surface area contributed by atoms with Crippen LogP contribution in [0, 0.1) is 0 Å². The summed E-state index contributed by atoms with van der Waals surface area (Å²) in [4.78, 5) is 10.7. The SMILES string of the molecule is CC(=O)CC1(O)CCCOC1. The van der Waals surface area contributed by atoms with E-state index >= 15 is 0 Å². The number of carbonyl (C=O) groups excluding carboxylic acids is 1. The Bertz CT molecular complexity index is 147. The summed E-state index contributed by atoms with van der Waals surface area (Å²) in [5.41, 5.74) is -0.871. The Labute approximate surface area is 66.4 Å². The second-order valence-electron chi connectivity index (χ2n) is 3.26. The lowest BCUT2D eigenvalue weighted by Crippen LogP contribution is -2.40. The molecule has 3 heteroatoms. The quantitative estimate of drug-likeness (QED) is 0.636. The molecule has 1 aliphatic heterocycles. The van der Waals surface area contributed by atoms with Gasteiger partial charge in [-0.05, 0) is 19.8 Å². The first kappa shape index (κ1) is 8.68. The topological polar surface area (TPSA) is 46.5 Å². The lowest BCUT2D eigenvalue weighted by molar-refractivity contribution is -0.130. The predicted octanol–water partition coefficient (Wildman–Crippen LogP) is 0.507. The third kappa shape index (κ3) is 2.60. The number of carbonyl (C=O) groups is 1. The van der Waals surface area contributed by atoms with E-state index in [1.807, 2.05) is 0 Å². The molecule has 1 N–H and O–H groups in total. The van der Waals surface area contributed by atoms with Gasteiger partial charge in [0.2, 0.25) is 0 Å². The summed E-state index contributed by atoms with van der Waals surface area (Å²) in [5, 5.41) is 9.70. The molecule has 0 aromatic carbocycles. The molecule has 1 aliphatic rings. The molecule has 1 saturated heterocycles. The van der Waals surface area contributed by atoms with E-state index in [1.165, 1.54) is 6.92 Å². The molecule has 1 heterocycles. The van der Waals surface area contributed by atoms with E-state index in [-0.39, 0.29) is 12.2 Å². The molecule has 0 bridgehead atoms. The molecule has 0 spiro atoms. The van der Waals surface area contributed by atoms with Gasteiger partial charge in [-0.3, -0.25) is 4.79 Å². The van der Waals surface area contributed by atoms with E-state index in [9.17, 15) is 9.90 Å². The Morgan fingerprint density at radius 2 is 2.45 bits per heavy atom. The molecule has 1 atom stereocenters. The van der Waals surface area contributed by atoms with Gasteiger partial charge in [0.15, 0.2) is 0 Å². The average Bonchev–Trinajstić information content (AvgIpc) is 1.85. The first-order chi connectivity index (χ1) is 5.12. The molecule has 0 saturated carbocycles. The second-order valence-corrected chi connectivity index (χ2v) is 3.26. The zero-order valence-corrected chi connectivity index (χ0v) is 6.80. The number of Topliss-reactive ketones (excluding diaryl/α,β-unsaturated/α-hetero) is 1. The van der Waals surface area contributed by atoms with Crippen LogP contribution in [0.4, 0.5) is 0 Å². The fourth-order valence-corrected chi connectivity index (χ4v) is 1.44. The summed E-state index contributed by atoms with van der Waals surface area (Å²) >= 11 is 0. The Morgan fingerprint density at radius 1 is 1.73 bits per heavy atom. The third-order valence-corrected chi connectivity index (χ3v) is 1.88. The van der Waals surface area contributed by atoms with E-state index in [4.69, 9.17) is 4.74 Å². The largest absolute Gasteiger partial charge is 0.387 e. The Morgan fingerprint density at radius 3 is 2.91 bits per heavy atom. The van der Waals surface area contributed by atoms with Crippen molar-refractivity contribution >= 4 is 5.78 Å². The molecule has 0 amide bonds. The molecule has 0 aliphatic carbocycles. The Kier molecular flexibility index (Phi) is 2.62. The number of rotatable bonds is 2. The number of hydrogen-bond acceptors (Lipinski definition) is 3. The van der Waals surface area contributed by atoms with Crippen molar-refractivity contribution in [2.24, 2.45) is 0 Å². The van der Waals surface area contributed by atoms with E-state index in [1.54, 1.807) is 0 Å². The Balaban J connectivity index is 2.43.